The first kappa shape index (κ1) is 18.4. The largest absolute Gasteiger partial charge is 0.455 e. The van der Waals surface area contributed by atoms with Crippen LogP contribution in [0.1, 0.15) is 5.56 Å². The first-order valence-corrected chi connectivity index (χ1v) is 6.20. The molecule has 0 bridgehead atoms. The molecule has 0 spiro atoms. The van der Waals surface area contributed by atoms with E-state index in [1.54, 1.807) is 5.32 Å². The molecule has 0 saturated heterocycles. The molecule has 0 radical (unpaired) electrons. The highest BCUT2D eigenvalue weighted by atomic mass is 19.4. The predicted octanol–water partition coefficient (Wildman–Crippen LogP) is 1.30. The number of alkyl halides is 3. The van der Waals surface area contributed by atoms with Gasteiger partial charge < -0.3 is 10.1 Å². The molecule has 0 aromatic heterocycles. The van der Waals surface area contributed by atoms with Gasteiger partial charge in [0.1, 0.15) is 12.4 Å². The number of esters is 1. The van der Waals surface area contributed by atoms with Crippen molar-refractivity contribution < 1.29 is 36.7 Å². The van der Waals surface area contributed by atoms with Crippen molar-refractivity contribution in [2.24, 2.45) is 0 Å². The minimum absolute atomic E-state index is 0.228. The lowest BCUT2D eigenvalue weighted by atomic mass is 10.1. The SMILES string of the molecule is O=C(COC(=O)Cc1ccc(F)cc1)NC(=O)NCC(F)(F)F. The number of urea groups is 1. The fraction of sp³-hybridized carbons (Fsp3) is 0.308. The molecule has 1 aromatic carbocycles. The summed E-state index contributed by atoms with van der Waals surface area (Å²) in [5.74, 6) is -2.38. The molecular formula is C13H12F4N2O4. The fourth-order valence-electron chi connectivity index (χ4n) is 1.35. The summed E-state index contributed by atoms with van der Waals surface area (Å²) in [4.78, 5) is 33.5. The maximum atomic E-state index is 12.7. The van der Waals surface area contributed by atoms with E-state index in [4.69, 9.17) is 0 Å². The number of imide groups is 1. The summed E-state index contributed by atoms with van der Waals surface area (Å²) in [6.07, 6.45) is -4.84. The standard InChI is InChI=1S/C13H12F4N2O4/c14-9-3-1-8(2-4-9)5-11(21)23-6-10(20)19-12(22)18-7-13(15,16)17/h1-4H,5-7H2,(H2,18,19,20,22). The molecule has 10 heteroatoms. The minimum Gasteiger partial charge on any atom is -0.455 e. The van der Waals surface area contributed by atoms with Gasteiger partial charge in [0.25, 0.3) is 5.91 Å². The van der Waals surface area contributed by atoms with Crippen LogP contribution in [-0.4, -0.2) is 37.2 Å². The topological polar surface area (TPSA) is 84.5 Å². The number of carbonyl (C=O) groups excluding carboxylic acids is 3. The normalized spacial score (nSPS) is 10.8. The van der Waals surface area contributed by atoms with E-state index in [0.29, 0.717) is 5.56 Å². The van der Waals surface area contributed by atoms with Gasteiger partial charge in [0.05, 0.1) is 6.42 Å². The average Bonchev–Trinajstić information content (AvgIpc) is 2.45. The molecule has 3 amide bonds. The van der Waals surface area contributed by atoms with Crippen molar-refractivity contribution in [3.63, 3.8) is 0 Å². The number of nitrogens with one attached hydrogen (secondary N) is 2. The zero-order valence-corrected chi connectivity index (χ0v) is 11.6. The second kappa shape index (κ2) is 8.11. The third-order valence-electron chi connectivity index (χ3n) is 2.33. The van der Waals surface area contributed by atoms with Gasteiger partial charge >= 0.3 is 18.2 Å². The van der Waals surface area contributed by atoms with Gasteiger partial charge in [-0.1, -0.05) is 12.1 Å². The van der Waals surface area contributed by atoms with Crippen molar-refractivity contribution >= 4 is 17.9 Å². The number of rotatable bonds is 5. The van der Waals surface area contributed by atoms with Gasteiger partial charge in [0.2, 0.25) is 0 Å². The van der Waals surface area contributed by atoms with Crippen LogP contribution in [0.5, 0.6) is 0 Å². The molecule has 0 saturated carbocycles. The second-order valence-electron chi connectivity index (χ2n) is 4.31. The number of halogens is 4. The third-order valence-corrected chi connectivity index (χ3v) is 2.33. The first-order chi connectivity index (χ1) is 10.7. The van der Waals surface area contributed by atoms with Crippen LogP contribution in [0.2, 0.25) is 0 Å². The van der Waals surface area contributed by atoms with Crippen LogP contribution in [0.25, 0.3) is 0 Å². The lowest BCUT2D eigenvalue weighted by Crippen LogP contribution is -2.44. The zero-order chi connectivity index (χ0) is 17.5. The Morgan fingerprint density at radius 3 is 2.26 bits per heavy atom. The predicted molar refractivity (Wildman–Crippen MR) is 68.7 cm³/mol. The van der Waals surface area contributed by atoms with E-state index in [-0.39, 0.29) is 6.42 Å². The molecule has 0 unspecified atom stereocenters. The molecule has 0 aliphatic carbocycles. The van der Waals surface area contributed by atoms with E-state index in [0.717, 1.165) is 12.1 Å². The number of hydrogen-bond acceptors (Lipinski definition) is 4. The van der Waals surface area contributed by atoms with Crippen molar-refractivity contribution in [3.8, 4) is 0 Å². The van der Waals surface area contributed by atoms with Crippen molar-refractivity contribution in [3.05, 3.63) is 35.6 Å². The van der Waals surface area contributed by atoms with Crippen LogP contribution < -0.4 is 10.6 Å². The Hall–Kier alpha value is -2.65. The monoisotopic (exact) mass is 336 g/mol. The van der Waals surface area contributed by atoms with E-state index in [1.807, 2.05) is 0 Å². The van der Waals surface area contributed by atoms with Crippen LogP contribution in [0.4, 0.5) is 22.4 Å². The smallest absolute Gasteiger partial charge is 0.405 e. The Morgan fingerprint density at radius 1 is 1.09 bits per heavy atom. The molecule has 0 aliphatic rings. The highest BCUT2D eigenvalue weighted by molar-refractivity contribution is 5.95. The summed E-state index contributed by atoms with van der Waals surface area (Å²) in [5.41, 5.74) is 0.444. The average molecular weight is 336 g/mol. The van der Waals surface area contributed by atoms with Crippen LogP contribution in [0.15, 0.2) is 24.3 Å². The van der Waals surface area contributed by atoms with Gasteiger partial charge in [0.15, 0.2) is 6.61 Å². The van der Waals surface area contributed by atoms with E-state index in [9.17, 15) is 31.9 Å². The highest BCUT2D eigenvalue weighted by Gasteiger charge is 2.28. The van der Waals surface area contributed by atoms with E-state index in [2.05, 4.69) is 4.74 Å². The van der Waals surface area contributed by atoms with Crippen molar-refractivity contribution in [2.45, 2.75) is 12.6 Å². The van der Waals surface area contributed by atoms with Crippen LogP contribution >= 0.6 is 0 Å². The lowest BCUT2D eigenvalue weighted by molar-refractivity contribution is -0.147. The number of ether oxygens (including phenoxy) is 1. The lowest BCUT2D eigenvalue weighted by Gasteiger charge is -2.09. The summed E-state index contributed by atoms with van der Waals surface area (Å²) in [5, 5.41) is 2.98. The van der Waals surface area contributed by atoms with E-state index in [1.165, 1.54) is 17.4 Å². The molecule has 2 N–H and O–H groups in total. The van der Waals surface area contributed by atoms with Gasteiger partial charge in [-0.25, -0.2) is 9.18 Å². The van der Waals surface area contributed by atoms with Crippen LogP contribution in [0, 0.1) is 5.82 Å². The molecule has 1 aromatic rings. The van der Waals surface area contributed by atoms with Gasteiger partial charge in [0, 0.05) is 0 Å². The molecule has 0 atom stereocenters. The molecule has 126 valence electrons. The quantitative estimate of drug-likeness (QED) is 0.627. The number of hydrogen-bond donors (Lipinski definition) is 2. The van der Waals surface area contributed by atoms with Gasteiger partial charge in [-0.15, -0.1) is 0 Å². The van der Waals surface area contributed by atoms with Crippen molar-refractivity contribution in [1.82, 2.24) is 10.6 Å². The summed E-state index contributed by atoms with van der Waals surface area (Å²) >= 11 is 0. The number of carbonyl (C=O) groups is 3. The molecule has 23 heavy (non-hydrogen) atoms. The zero-order valence-electron chi connectivity index (χ0n) is 11.6. The van der Waals surface area contributed by atoms with Crippen LogP contribution in [-0.2, 0) is 20.7 Å². The summed E-state index contributed by atoms with van der Waals surface area (Å²) in [6, 6.07) is 3.62. The molecule has 1 rings (SSSR count). The van der Waals surface area contributed by atoms with Gasteiger partial charge in [-0.05, 0) is 17.7 Å². The number of amides is 3. The van der Waals surface area contributed by atoms with Gasteiger partial charge in [-0.3, -0.25) is 14.9 Å². The molecule has 0 aliphatic heterocycles. The Kier molecular flexibility index (Phi) is 6.49. The maximum absolute atomic E-state index is 12.7. The summed E-state index contributed by atoms with van der Waals surface area (Å²) in [7, 11) is 0. The van der Waals surface area contributed by atoms with Crippen LogP contribution in [0.3, 0.4) is 0 Å². The Morgan fingerprint density at radius 2 is 1.70 bits per heavy atom. The first-order valence-electron chi connectivity index (χ1n) is 6.20. The Bertz CT molecular complexity index is 572. The van der Waals surface area contributed by atoms with E-state index >= 15 is 0 Å². The van der Waals surface area contributed by atoms with Crippen molar-refractivity contribution in [2.75, 3.05) is 13.2 Å². The molecular weight excluding hydrogens is 324 g/mol. The second-order valence-corrected chi connectivity index (χ2v) is 4.31. The maximum Gasteiger partial charge on any atom is 0.405 e. The van der Waals surface area contributed by atoms with Crippen molar-refractivity contribution in [1.29, 1.82) is 0 Å². The van der Waals surface area contributed by atoms with E-state index < -0.39 is 43.1 Å². The summed E-state index contributed by atoms with van der Waals surface area (Å²) in [6.45, 7) is -2.43. The van der Waals surface area contributed by atoms with Gasteiger partial charge in [-0.2, -0.15) is 13.2 Å². The molecule has 0 fully saturated rings. The molecule has 6 nitrogen and oxygen atoms in total. The summed E-state index contributed by atoms with van der Waals surface area (Å²) < 4.78 is 52.7. The molecule has 0 heterocycles. The minimum atomic E-state index is -4.61. The highest BCUT2D eigenvalue weighted by Crippen LogP contribution is 2.11. The number of benzene rings is 1. The fourth-order valence-corrected chi connectivity index (χ4v) is 1.35. The Balaban J connectivity index is 2.28. The third kappa shape index (κ3) is 8.39. The Labute approximate surface area is 127 Å².